The van der Waals surface area contributed by atoms with Crippen molar-refractivity contribution in [1.82, 2.24) is 0 Å². The van der Waals surface area contributed by atoms with E-state index in [4.69, 9.17) is 0 Å². The fraction of sp³-hybridized carbons (Fsp3) is 0.750. The van der Waals surface area contributed by atoms with Gasteiger partial charge in [-0.2, -0.15) is 11.8 Å². The average Bonchev–Trinajstić information content (AvgIpc) is 2.10. The van der Waals surface area contributed by atoms with Crippen LogP contribution in [0.4, 0.5) is 0 Å². The molecule has 0 bridgehead atoms. The maximum atomic E-state index is 3.83. The molecule has 0 aromatic carbocycles. The Bertz CT molecular complexity index is 143. The standard InChI is InChI=1S/C12H23S/c1-5-9-13-10-7-6-8-12(4)11(2)3/h1,5-10H2,2-4H3. The van der Waals surface area contributed by atoms with Crippen molar-refractivity contribution in [2.45, 2.75) is 46.5 Å². The van der Waals surface area contributed by atoms with Crippen LogP contribution in [-0.2, 0) is 0 Å². The third-order valence-electron chi connectivity index (χ3n) is 2.23. The van der Waals surface area contributed by atoms with Crippen LogP contribution in [0.1, 0.15) is 46.5 Å². The van der Waals surface area contributed by atoms with E-state index in [1.807, 2.05) is 11.8 Å². The van der Waals surface area contributed by atoms with E-state index in [1.165, 1.54) is 36.3 Å². The quantitative estimate of drug-likeness (QED) is 0.430. The van der Waals surface area contributed by atoms with E-state index in [0.29, 0.717) is 0 Å². The minimum Gasteiger partial charge on any atom is -0.162 e. The Balaban J connectivity index is 3.22. The normalized spacial score (nSPS) is 10.2. The van der Waals surface area contributed by atoms with Crippen LogP contribution in [0.3, 0.4) is 0 Å². The summed E-state index contributed by atoms with van der Waals surface area (Å²) in [6, 6.07) is 0. The molecule has 0 saturated carbocycles. The number of hydrogen-bond acceptors (Lipinski definition) is 1. The zero-order valence-corrected chi connectivity index (χ0v) is 10.2. The van der Waals surface area contributed by atoms with Gasteiger partial charge in [-0.05, 0) is 58.0 Å². The highest BCUT2D eigenvalue weighted by atomic mass is 32.2. The molecule has 0 aliphatic rings. The summed E-state index contributed by atoms with van der Waals surface area (Å²) in [5.74, 6) is 2.53. The van der Waals surface area contributed by atoms with Crippen molar-refractivity contribution in [2.24, 2.45) is 0 Å². The topological polar surface area (TPSA) is 0 Å². The summed E-state index contributed by atoms with van der Waals surface area (Å²) in [6.07, 6.45) is 5.06. The molecule has 1 radical (unpaired) electrons. The Morgan fingerprint density at radius 1 is 1.08 bits per heavy atom. The van der Waals surface area contributed by atoms with Crippen LogP contribution in [0.25, 0.3) is 0 Å². The van der Waals surface area contributed by atoms with Gasteiger partial charge in [0.1, 0.15) is 0 Å². The minimum absolute atomic E-state index is 1.07. The summed E-state index contributed by atoms with van der Waals surface area (Å²) in [6.45, 7) is 10.5. The fourth-order valence-corrected chi connectivity index (χ4v) is 1.86. The Morgan fingerprint density at radius 3 is 2.31 bits per heavy atom. The molecule has 0 atom stereocenters. The van der Waals surface area contributed by atoms with E-state index in [2.05, 4.69) is 27.7 Å². The second-order valence-electron chi connectivity index (χ2n) is 3.70. The SMILES string of the molecule is [CH2]CCSCCCCC(C)=C(C)C. The van der Waals surface area contributed by atoms with Gasteiger partial charge in [0.2, 0.25) is 0 Å². The number of thioether (sulfide) groups is 1. The summed E-state index contributed by atoms with van der Waals surface area (Å²) in [5.41, 5.74) is 3.06. The molecule has 0 N–H and O–H groups in total. The van der Waals surface area contributed by atoms with Crippen LogP contribution in [0.2, 0.25) is 0 Å². The molecule has 0 spiro atoms. The van der Waals surface area contributed by atoms with Crippen LogP contribution in [0.15, 0.2) is 11.1 Å². The lowest BCUT2D eigenvalue weighted by molar-refractivity contribution is 0.787. The molecule has 0 aromatic heterocycles. The fourth-order valence-electron chi connectivity index (χ4n) is 1.05. The molecule has 0 fully saturated rings. The van der Waals surface area contributed by atoms with Gasteiger partial charge in [0.15, 0.2) is 0 Å². The predicted octanol–water partition coefficient (Wildman–Crippen LogP) is 4.47. The lowest BCUT2D eigenvalue weighted by Gasteiger charge is -2.03. The number of hydrogen-bond donors (Lipinski definition) is 0. The molecule has 0 aromatic rings. The van der Waals surface area contributed by atoms with Crippen LogP contribution in [0, 0.1) is 6.92 Å². The number of unbranched alkanes of at least 4 members (excludes halogenated alkanes) is 1. The molecule has 1 heteroatoms. The molecule has 0 heterocycles. The monoisotopic (exact) mass is 199 g/mol. The van der Waals surface area contributed by atoms with Crippen LogP contribution in [0.5, 0.6) is 0 Å². The van der Waals surface area contributed by atoms with E-state index in [9.17, 15) is 0 Å². The van der Waals surface area contributed by atoms with E-state index in [-0.39, 0.29) is 0 Å². The van der Waals surface area contributed by atoms with E-state index in [0.717, 1.165) is 6.42 Å². The molecule has 0 unspecified atom stereocenters. The van der Waals surface area contributed by atoms with Crippen LogP contribution < -0.4 is 0 Å². The first kappa shape index (κ1) is 13.1. The lowest BCUT2D eigenvalue weighted by atomic mass is 10.1. The van der Waals surface area contributed by atoms with Gasteiger partial charge in [-0.3, -0.25) is 0 Å². The van der Waals surface area contributed by atoms with Gasteiger partial charge in [0, 0.05) is 0 Å². The Labute approximate surface area is 88.2 Å². The second-order valence-corrected chi connectivity index (χ2v) is 4.93. The van der Waals surface area contributed by atoms with Crippen molar-refractivity contribution in [2.75, 3.05) is 11.5 Å². The molecule has 0 saturated heterocycles. The van der Waals surface area contributed by atoms with Crippen molar-refractivity contribution < 1.29 is 0 Å². The van der Waals surface area contributed by atoms with Gasteiger partial charge in [0.05, 0.1) is 0 Å². The molecule has 0 amide bonds. The average molecular weight is 199 g/mol. The minimum atomic E-state index is 1.07. The summed E-state index contributed by atoms with van der Waals surface area (Å²) in [4.78, 5) is 0. The van der Waals surface area contributed by atoms with E-state index < -0.39 is 0 Å². The molecular formula is C12H23S. The Kier molecular flexibility index (Phi) is 8.74. The summed E-state index contributed by atoms with van der Waals surface area (Å²) in [7, 11) is 0. The summed E-state index contributed by atoms with van der Waals surface area (Å²) >= 11 is 2.03. The van der Waals surface area contributed by atoms with Crippen molar-refractivity contribution in [1.29, 1.82) is 0 Å². The highest BCUT2D eigenvalue weighted by Gasteiger charge is 1.93. The Morgan fingerprint density at radius 2 is 1.77 bits per heavy atom. The van der Waals surface area contributed by atoms with Gasteiger partial charge in [0.25, 0.3) is 0 Å². The van der Waals surface area contributed by atoms with Crippen molar-refractivity contribution in [3.63, 3.8) is 0 Å². The number of allylic oxidation sites excluding steroid dienone is 2. The van der Waals surface area contributed by atoms with Crippen molar-refractivity contribution in [3.05, 3.63) is 18.1 Å². The van der Waals surface area contributed by atoms with Gasteiger partial charge in [-0.1, -0.05) is 18.1 Å². The lowest BCUT2D eigenvalue weighted by Crippen LogP contribution is -1.86. The summed E-state index contributed by atoms with van der Waals surface area (Å²) in [5, 5.41) is 0. The van der Waals surface area contributed by atoms with Gasteiger partial charge in [-0.25, -0.2) is 0 Å². The van der Waals surface area contributed by atoms with Gasteiger partial charge in [-0.15, -0.1) is 0 Å². The largest absolute Gasteiger partial charge is 0.162 e. The molecule has 77 valence electrons. The third kappa shape index (κ3) is 8.42. The highest BCUT2D eigenvalue weighted by molar-refractivity contribution is 7.99. The van der Waals surface area contributed by atoms with Crippen molar-refractivity contribution >= 4 is 11.8 Å². The molecular weight excluding hydrogens is 176 g/mol. The highest BCUT2D eigenvalue weighted by Crippen LogP contribution is 2.13. The van der Waals surface area contributed by atoms with Crippen LogP contribution in [-0.4, -0.2) is 11.5 Å². The predicted molar refractivity (Wildman–Crippen MR) is 65.2 cm³/mol. The first-order valence-electron chi connectivity index (χ1n) is 5.18. The molecule has 0 aliphatic heterocycles. The summed E-state index contributed by atoms with van der Waals surface area (Å²) < 4.78 is 0. The maximum absolute atomic E-state index is 3.83. The molecule has 0 nitrogen and oxygen atoms in total. The molecule has 0 aliphatic carbocycles. The smallest absolute Gasteiger partial charge is 0.00674 e. The van der Waals surface area contributed by atoms with Gasteiger partial charge < -0.3 is 0 Å². The van der Waals surface area contributed by atoms with Crippen LogP contribution >= 0.6 is 11.8 Å². The maximum Gasteiger partial charge on any atom is -0.00674 e. The second kappa shape index (κ2) is 8.68. The molecule has 0 rings (SSSR count). The third-order valence-corrected chi connectivity index (χ3v) is 3.39. The van der Waals surface area contributed by atoms with E-state index >= 15 is 0 Å². The first-order valence-corrected chi connectivity index (χ1v) is 6.34. The van der Waals surface area contributed by atoms with E-state index in [1.54, 1.807) is 5.57 Å². The first-order chi connectivity index (χ1) is 6.18. The number of rotatable bonds is 7. The zero-order chi connectivity index (χ0) is 10.1. The Hall–Kier alpha value is 0.0900. The van der Waals surface area contributed by atoms with Crippen molar-refractivity contribution in [3.8, 4) is 0 Å². The molecule has 13 heavy (non-hydrogen) atoms. The zero-order valence-electron chi connectivity index (χ0n) is 9.36. The van der Waals surface area contributed by atoms with Gasteiger partial charge >= 0.3 is 0 Å².